The van der Waals surface area contributed by atoms with Gasteiger partial charge in [-0.1, -0.05) is 18.2 Å². The van der Waals surface area contributed by atoms with Crippen molar-refractivity contribution >= 4 is 11.8 Å². The number of carbonyl (C=O) groups excluding carboxylic acids is 2. The third-order valence-electron chi connectivity index (χ3n) is 3.30. The van der Waals surface area contributed by atoms with Gasteiger partial charge in [-0.2, -0.15) is 0 Å². The van der Waals surface area contributed by atoms with Crippen LogP contribution in [0.25, 0.3) is 0 Å². The minimum Gasteiger partial charge on any atom is -0.352 e. The van der Waals surface area contributed by atoms with Crippen molar-refractivity contribution in [3.63, 3.8) is 0 Å². The predicted molar refractivity (Wildman–Crippen MR) is 73.5 cm³/mol. The van der Waals surface area contributed by atoms with Crippen molar-refractivity contribution < 1.29 is 14.0 Å². The summed E-state index contributed by atoms with van der Waals surface area (Å²) in [5.41, 5.74) is 0.583. The van der Waals surface area contributed by atoms with Gasteiger partial charge < -0.3 is 10.6 Å². The summed E-state index contributed by atoms with van der Waals surface area (Å²) in [6.07, 6.45) is 0.637. The summed E-state index contributed by atoms with van der Waals surface area (Å²) in [6.45, 7) is 3.68. The van der Waals surface area contributed by atoms with Crippen LogP contribution in [0, 0.1) is 11.7 Å². The number of halogens is 1. The molecule has 20 heavy (non-hydrogen) atoms. The van der Waals surface area contributed by atoms with Crippen LogP contribution in [-0.4, -0.2) is 24.4 Å². The van der Waals surface area contributed by atoms with Gasteiger partial charge in [-0.25, -0.2) is 4.39 Å². The van der Waals surface area contributed by atoms with E-state index in [0.717, 1.165) is 0 Å². The molecule has 2 atom stereocenters. The van der Waals surface area contributed by atoms with Crippen LogP contribution in [0.3, 0.4) is 0 Å². The average Bonchev–Trinajstić information content (AvgIpc) is 3.16. The van der Waals surface area contributed by atoms with Crippen molar-refractivity contribution in [2.75, 3.05) is 6.54 Å². The standard InChI is InChI=1S/C15H19FN2O2/c1-9(2)18-14(19)8-17-15(20)12-7-11(12)10-5-3-4-6-13(10)16/h3-6,9,11-12H,7-8H2,1-2H3,(H,17,20)(H,18,19). The van der Waals surface area contributed by atoms with Crippen molar-refractivity contribution in [3.05, 3.63) is 35.6 Å². The third kappa shape index (κ3) is 3.56. The van der Waals surface area contributed by atoms with Gasteiger partial charge in [-0.3, -0.25) is 9.59 Å². The number of benzene rings is 1. The van der Waals surface area contributed by atoms with Crippen molar-refractivity contribution in [2.45, 2.75) is 32.2 Å². The van der Waals surface area contributed by atoms with Crippen LogP contribution in [0.4, 0.5) is 4.39 Å². The van der Waals surface area contributed by atoms with E-state index >= 15 is 0 Å². The lowest BCUT2D eigenvalue weighted by Gasteiger charge is -2.09. The largest absolute Gasteiger partial charge is 0.352 e. The normalized spacial score (nSPS) is 20.6. The van der Waals surface area contributed by atoms with Gasteiger partial charge in [-0.15, -0.1) is 0 Å². The predicted octanol–water partition coefficient (Wildman–Crippen LogP) is 1.57. The van der Waals surface area contributed by atoms with E-state index < -0.39 is 0 Å². The summed E-state index contributed by atoms with van der Waals surface area (Å²) in [4.78, 5) is 23.3. The van der Waals surface area contributed by atoms with Crippen molar-refractivity contribution in [2.24, 2.45) is 5.92 Å². The molecule has 1 aliphatic rings. The summed E-state index contributed by atoms with van der Waals surface area (Å²) < 4.78 is 13.6. The van der Waals surface area contributed by atoms with E-state index in [4.69, 9.17) is 0 Å². The summed E-state index contributed by atoms with van der Waals surface area (Å²) in [6, 6.07) is 6.55. The molecule has 0 bridgehead atoms. The zero-order valence-corrected chi connectivity index (χ0v) is 11.7. The number of rotatable bonds is 5. The first-order valence-corrected chi connectivity index (χ1v) is 6.80. The number of hydrogen-bond donors (Lipinski definition) is 2. The minimum atomic E-state index is -0.273. The van der Waals surface area contributed by atoms with Crippen molar-refractivity contribution in [1.82, 2.24) is 10.6 Å². The fraction of sp³-hybridized carbons (Fsp3) is 0.467. The molecule has 2 N–H and O–H groups in total. The summed E-state index contributed by atoms with van der Waals surface area (Å²) in [7, 11) is 0. The molecule has 0 spiro atoms. The lowest BCUT2D eigenvalue weighted by atomic mass is 10.1. The quantitative estimate of drug-likeness (QED) is 0.859. The molecule has 1 aliphatic carbocycles. The molecular formula is C15H19FN2O2. The zero-order valence-electron chi connectivity index (χ0n) is 11.7. The van der Waals surface area contributed by atoms with Gasteiger partial charge in [0.05, 0.1) is 6.54 Å². The summed E-state index contributed by atoms with van der Waals surface area (Å²) in [5, 5.41) is 5.29. The van der Waals surface area contributed by atoms with Gasteiger partial charge >= 0.3 is 0 Å². The van der Waals surface area contributed by atoms with Crippen LogP contribution in [0.2, 0.25) is 0 Å². The van der Waals surface area contributed by atoms with Crippen LogP contribution in [-0.2, 0) is 9.59 Å². The molecule has 1 fully saturated rings. The Labute approximate surface area is 117 Å². The van der Waals surface area contributed by atoms with Crippen LogP contribution >= 0.6 is 0 Å². The second-order valence-electron chi connectivity index (χ2n) is 5.41. The topological polar surface area (TPSA) is 58.2 Å². The minimum absolute atomic E-state index is 0.0303. The molecule has 0 saturated heterocycles. The van der Waals surface area contributed by atoms with Gasteiger partial charge in [0.1, 0.15) is 5.82 Å². The first kappa shape index (κ1) is 14.5. The summed E-state index contributed by atoms with van der Waals surface area (Å²) >= 11 is 0. The van der Waals surface area contributed by atoms with Crippen LogP contribution in [0.15, 0.2) is 24.3 Å². The third-order valence-corrected chi connectivity index (χ3v) is 3.30. The fourth-order valence-corrected chi connectivity index (χ4v) is 2.28. The van der Waals surface area contributed by atoms with E-state index in [2.05, 4.69) is 10.6 Å². The zero-order chi connectivity index (χ0) is 14.7. The van der Waals surface area contributed by atoms with E-state index in [1.807, 2.05) is 13.8 Å². The molecule has 0 radical (unpaired) electrons. The Morgan fingerprint density at radius 2 is 2.05 bits per heavy atom. The highest BCUT2D eigenvalue weighted by molar-refractivity contribution is 5.88. The maximum atomic E-state index is 13.6. The Balaban J connectivity index is 1.82. The van der Waals surface area contributed by atoms with Crippen LogP contribution in [0.5, 0.6) is 0 Å². The maximum absolute atomic E-state index is 13.6. The number of carbonyl (C=O) groups is 2. The number of nitrogens with one attached hydrogen (secondary N) is 2. The highest BCUT2D eigenvalue weighted by Crippen LogP contribution is 2.48. The Morgan fingerprint density at radius 1 is 1.35 bits per heavy atom. The van der Waals surface area contributed by atoms with E-state index in [9.17, 15) is 14.0 Å². The Kier molecular flexibility index (Phi) is 4.37. The molecule has 2 amide bonds. The molecule has 2 unspecified atom stereocenters. The highest BCUT2D eigenvalue weighted by atomic mass is 19.1. The smallest absolute Gasteiger partial charge is 0.239 e. The van der Waals surface area contributed by atoms with E-state index in [0.29, 0.717) is 12.0 Å². The molecule has 0 heterocycles. The molecule has 2 rings (SSSR count). The van der Waals surface area contributed by atoms with Gasteiger partial charge in [0.25, 0.3) is 0 Å². The fourth-order valence-electron chi connectivity index (χ4n) is 2.28. The highest BCUT2D eigenvalue weighted by Gasteiger charge is 2.45. The van der Waals surface area contributed by atoms with Crippen LogP contribution < -0.4 is 10.6 Å². The lowest BCUT2D eigenvalue weighted by molar-refractivity contribution is -0.127. The molecule has 108 valence electrons. The second kappa shape index (κ2) is 6.03. The van der Waals surface area contributed by atoms with Gasteiger partial charge in [0.15, 0.2) is 0 Å². The maximum Gasteiger partial charge on any atom is 0.239 e. The number of amides is 2. The molecule has 0 aromatic heterocycles. The molecule has 5 heteroatoms. The van der Waals surface area contributed by atoms with Gasteiger partial charge in [-0.05, 0) is 37.8 Å². The average molecular weight is 278 g/mol. The molecule has 1 saturated carbocycles. The molecule has 1 aromatic rings. The van der Waals surface area contributed by atoms with Crippen molar-refractivity contribution in [3.8, 4) is 0 Å². The first-order valence-electron chi connectivity index (χ1n) is 6.80. The van der Waals surface area contributed by atoms with Crippen LogP contribution in [0.1, 0.15) is 31.7 Å². The Morgan fingerprint density at radius 3 is 2.70 bits per heavy atom. The SMILES string of the molecule is CC(C)NC(=O)CNC(=O)C1CC1c1ccccc1F. The van der Waals surface area contributed by atoms with E-state index in [-0.39, 0.29) is 42.1 Å². The molecule has 1 aromatic carbocycles. The molecule has 0 aliphatic heterocycles. The van der Waals surface area contributed by atoms with E-state index in [1.54, 1.807) is 18.2 Å². The number of hydrogen-bond acceptors (Lipinski definition) is 2. The molecule has 4 nitrogen and oxygen atoms in total. The Hall–Kier alpha value is -1.91. The lowest BCUT2D eigenvalue weighted by Crippen LogP contribution is -2.40. The monoisotopic (exact) mass is 278 g/mol. The first-order chi connectivity index (χ1) is 9.49. The van der Waals surface area contributed by atoms with Gasteiger partial charge in [0.2, 0.25) is 11.8 Å². The Bertz CT molecular complexity index is 516. The second-order valence-corrected chi connectivity index (χ2v) is 5.41. The van der Waals surface area contributed by atoms with E-state index in [1.165, 1.54) is 6.07 Å². The molecular weight excluding hydrogens is 259 g/mol. The van der Waals surface area contributed by atoms with Gasteiger partial charge in [0, 0.05) is 12.0 Å². The summed E-state index contributed by atoms with van der Waals surface area (Å²) in [5.74, 6) is -0.956. The van der Waals surface area contributed by atoms with Crippen molar-refractivity contribution in [1.29, 1.82) is 0 Å².